The van der Waals surface area contributed by atoms with E-state index in [1.165, 1.54) is 15.9 Å². The molecule has 1 aliphatic rings. The minimum Gasteiger partial charge on any atom is -0.395 e. The average molecular weight is 378 g/mol. The molecule has 140 valence electrons. The third kappa shape index (κ3) is 3.65. The van der Waals surface area contributed by atoms with E-state index >= 15 is 0 Å². The summed E-state index contributed by atoms with van der Waals surface area (Å²) >= 11 is 0. The van der Waals surface area contributed by atoms with E-state index in [9.17, 15) is 23.7 Å². The normalized spacial score (nSPS) is 14.0. The Morgan fingerprint density at radius 3 is 2.37 bits per heavy atom. The van der Waals surface area contributed by atoms with Crippen molar-refractivity contribution in [2.45, 2.75) is 0 Å². The number of nitro groups is 1. The highest BCUT2D eigenvalue weighted by Crippen LogP contribution is 2.29. The fourth-order valence-electron chi connectivity index (χ4n) is 2.79. The van der Waals surface area contributed by atoms with Gasteiger partial charge in [-0.05, 0) is 23.7 Å². The molecule has 0 atom stereocenters. The van der Waals surface area contributed by atoms with Gasteiger partial charge in [-0.1, -0.05) is 5.11 Å². The van der Waals surface area contributed by atoms with Crippen LogP contribution in [0.1, 0.15) is 10.6 Å². The van der Waals surface area contributed by atoms with Gasteiger partial charge >= 0.3 is 5.88 Å². The Labute approximate surface area is 150 Å². The first-order valence-corrected chi connectivity index (χ1v) is 7.73. The van der Waals surface area contributed by atoms with E-state index in [0.29, 0.717) is 0 Å². The van der Waals surface area contributed by atoms with Crippen LogP contribution in [0.2, 0.25) is 0 Å². The molecule has 0 saturated carbocycles. The molecule has 27 heavy (non-hydrogen) atoms. The van der Waals surface area contributed by atoms with Gasteiger partial charge in [0.2, 0.25) is 0 Å². The van der Waals surface area contributed by atoms with E-state index in [0.717, 1.165) is 18.2 Å². The molecule has 0 radical (unpaired) electrons. The van der Waals surface area contributed by atoms with Crippen molar-refractivity contribution in [1.29, 1.82) is 0 Å². The monoisotopic (exact) mass is 378 g/mol. The Morgan fingerprint density at radius 2 is 1.85 bits per heavy atom. The van der Waals surface area contributed by atoms with E-state index in [1.807, 2.05) is 0 Å². The average Bonchev–Trinajstić information content (AvgIpc) is 3.12. The maximum Gasteiger partial charge on any atom is 0.433 e. The zero-order valence-electron chi connectivity index (χ0n) is 13.7. The van der Waals surface area contributed by atoms with Gasteiger partial charge in [-0.15, -0.1) is 0 Å². The predicted octanol–water partition coefficient (Wildman–Crippen LogP) is 3.37. The van der Waals surface area contributed by atoms with Crippen molar-refractivity contribution >= 4 is 23.2 Å². The molecule has 1 aliphatic heterocycles. The number of halogens is 2. The lowest BCUT2D eigenvalue weighted by Gasteiger charge is -2.36. The number of furan rings is 1. The molecule has 1 aromatic heterocycles. The van der Waals surface area contributed by atoms with Crippen molar-refractivity contribution in [1.82, 2.24) is 4.90 Å². The largest absolute Gasteiger partial charge is 0.433 e. The summed E-state index contributed by atoms with van der Waals surface area (Å²) in [6, 6.07) is 4.15. The third-order valence-corrected chi connectivity index (χ3v) is 4.03. The van der Waals surface area contributed by atoms with Crippen LogP contribution in [0.5, 0.6) is 0 Å². The van der Waals surface area contributed by atoms with E-state index in [2.05, 4.69) is 10.0 Å². The number of azide groups is 1. The van der Waals surface area contributed by atoms with Crippen LogP contribution in [-0.2, 0) is 0 Å². The predicted molar refractivity (Wildman–Crippen MR) is 88.6 cm³/mol. The first-order valence-electron chi connectivity index (χ1n) is 7.73. The molecule has 3 rings (SSSR count). The Hall–Kier alpha value is -3.66. The van der Waals surface area contributed by atoms with E-state index in [1.54, 1.807) is 0 Å². The Balaban J connectivity index is 1.71. The van der Waals surface area contributed by atoms with E-state index < -0.39 is 28.3 Å². The molecule has 12 heteroatoms. The number of benzene rings is 1. The van der Waals surface area contributed by atoms with Gasteiger partial charge in [0.1, 0.15) is 22.2 Å². The van der Waals surface area contributed by atoms with Gasteiger partial charge in [-0.2, -0.15) is 0 Å². The molecule has 0 N–H and O–H groups in total. The Kier molecular flexibility index (Phi) is 4.90. The van der Waals surface area contributed by atoms with Crippen LogP contribution in [0.4, 0.5) is 26.0 Å². The minimum absolute atomic E-state index is 0.142. The molecule has 0 spiro atoms. The van der Waals surface area contributed by atoms with Crippen molar-refractivity contribution in [3.63, 3.8) is 0 Å². The Morgan fingerprint density at radius 1 is 1.22 bits per heavy atom. The molecule has 0 aliphatic carbocycles. The van der Waals surface area contributed by atoms with Crippen molar-refractivity contribution in [3.05, 3.63) is 62.2 Å². The molecule has 2 heterocycles. The lowest BCUT2D eigenvalue weighted by Crippen LogP contribution is -2.49. The second kappa shape index (κ2) is 7.30. The molecule has 2 aromatic rings. The van der Waals surface area contributed by atoms with Crippen LogP contribution in [0.25, 0.3) is 10.4 Å². The molecule has 0 bridgehead atoms. The van der Waals surface area contributed by atoms with Crippen LogP contribution in [0, 0.1) is 21.7 Å². The van der Waals surface area contributed by atoms with Crippen molar-refractivity contribution < 1.29 is 22.9 Å². The molecule has 10 nitrogen and oxygen atoms in total. The third-order valence-electron chi connectivity index (χ3n) is 4.03. The maximum absolute atomic E-state index is 14.2. The van der Waals surface area contributed by atoms with Crippen molar-refractivity contribution in [2.24, 2.45) is 5.11 Å². The number of rotatable bonds is 4. The quantitative estimate of drug-likeness (QED) is 0.265. The number of anilines is 1. The number of carbonyl (C=O) groups is 1. The number of nitrogens with zero attached hydrogens (tertiary/aromatic N) is 6. The standard InChI is InChI=1S/C15H12F2N6O4/c16-10-7-9(19-20-18)8-11(17)14(10)21-3-5-22(6-4-21)15(24)12-1-2-13(27-12)23(25)26/h1-2,7-8H,3-6H2. The fourth-order valence-corrected chi connectivity index (χ4v) is 2.79. The van der Waals surface area contributed by atoms with Crippen molar-refractivity contribution in [3.8, 4) is 0 Å². The molecule has 1 saturated heterocycles. The summed E-state index contributed by atoms with van der Waals surface area (Å²) in [7, 11) is 0. The smallest absolute Gasteiger partial charge is 0.395 e. The lowest BCUT2D eigenvalue weighted by atomic mass is 10.2. The number of hydrogen-bond donors (Lipinski definition) is 0. The minimum atomic E-state index is -0.876. The van der Waals surface area contributed by atoms with Gasteiger partial charge in [-0.25, -0.2) is 8.78 Å². The fraction of sp³-hybridized carbons (Fsp3) is 0.267. The molecular formula is C15H12F2N6O4. The topological polar surface area (TPSA) is 129 Å². The number of piperazine rings is 1. The van der Waals surface area contributed by atoms with Gasteiger partial charge in [0.05, 0.1) is 6.07 Å². The zero-order chi connectivity index (χ0) is 19.6. The van der Waals surface area contributed by atoms with Crippen LogP contribution < -0.4 is 4.90 Å². The van der Waals surface area contributed by atoms with Gasteiger partial charge in [0.15, 0.2) is 5.76 Å². The molecule has 1 amide bonds. The van der Waals surface area contributed by atoms with Crippen LogP contribution in [-0.4, -0.2) is 41.9 Å². The van der Waals surface area contributed by atoms with E-state index in [4.69, 9.17) is 9.95 Å². The van der Waals surface area contributed by atoms with Gasteiger partial charge in [0.25, 0.3) is 5.91 Å². The summed E-state index contributed by atoms with van der Waals surface area (Å²) in [6.07, 6.45) is 0. The summed E-state index contributed by atoms with van der Waals surface area (Å²) in [5, 5.41) is 13.8. The first-order chi connectivity index (χ1) is 12.9. The summed E-state index contributed by atoms with van der Waals surface area (Å²) in [5.74, 6) is -3.01. The second-order valence-corrected chi connectivity index (χ2v) is 5.62. The maximum atomic E-state index is 14.2. The lowest BCUT2D eigenvalue weighted by molar-refractivity contribution is -0.402. The SMILES string of the molecule is [N-]=[N+]=Nc1cc(F)c(N2CCN(C(=O)c3ccc([N+](=O)[O-])o3)CC2)c(F)c1. The number of amides is 1. The highest BCUT2D eigenvalue weighted by atomic mass is 19.1. The second-order valence-electron chi connectivity index (χ2n) is 5.62. The van der Waals surface area contributed by atoms with Gasteiger partial charge in [-0.3, -0.25) is 14.9 Å². The zero-order valence-corrected chi connectivity index (χ0v) is 13.7. The van der Waals surface area contributed by atoms with Gasteiger partial charge < -0.3 is 14.2 Å². The number of carbonyl (C=O) groups excluding carboxylic acids is 1. The molecule has 0 unspecified atom stereocenters. The Bertz CT molecular complexity index is 925. The summed E-state index contributed by atoms with van der Waals surface area (Å²) in [5.41, 5.74) is 7.90. The molecule has 1 fully saturated rings. The van der Waals surface area contributed by atoms with Gasteiger partial charge in [0, 0.05) is 36.8 Å². The van der Waals surface area contributed by atoms with E-state index in [-0.39, 0.29) is 43.3 Å². The first kappa shape index (κ1) is 18.1. The van der Waals surface area contributed by atoms with Crippen LogP contribution >= 0.6 is 0 Å². The molecular weight excluding hydrogens is 366 g/mol. The van der Waals surface area contributed by atoms with Crippen LogP contribution in [0.3, 0.4) is 0 Å². The number of hydrogen-bond acceptors (Lipinski definition) is 6. The van der Waals surface area contributed by atoms with Crippen LogP contribution in [0.15, 0.2) is 33.8 Å². The molecule has 1 aromatic carbocycles. The van der Waals surface area contributed by atoms with Crippen molar-refractivity contribution in [2.75, 3.05) is 31.1 Å². The summed E-state index contributed by atoms with van der Waals surface area (Å²) < 4.78 is 33.3. The highest BCUT2D eigenvalue weighted by Gasteiger charge is 2.28. The highest BCUT2D eigenvalue weighted by molar-refractivity contribution is 5.92. The summed E-state index contributed by atoms with van der Waals surface area (Å²) in [4.78, 5) is 27.5. The summed E-state index contributed by atoms with van der Waals surface area (Å²) in [6.45, 7) is 0.571.